The van der Waals surface area contributed by atoms with Gasteiger partial charge in [-0.25, -0.2) is 0 Å². The zero-order chi connectivity index (χ0) is 12.4. The molecule has 0 N–H and O–H groups in total. The van der Waals surface area contributed by atoms with Crippen LogP contribution in [0.1, 0.15) is 23.6 Å². The molecule has 2 aromatic carbocycles. The van der Waals surface area contributed by atoms with Crippen LogP contribution in [0.2, 0.25) is 5.02 Å². The highest BCUT2D eigenvalue weighted by molar-refractivity contribution is 6.30. The second-order valence-corrected chi connectivity index (χ2v) is 4.83. The van der Waals surface area contributed by atoms with Gasteiger partial charge in [0.2, 0.25) is 0 Å². The van der Waals surface area contributed by atoms with Gasteiger partial charge in [-0.1, -0.05) is 42.8 Å². The number of aryl methyl sites for hydroxylation is 1. The highest BCUT2D eigenvalue weighted by atomic mass is 35.5. The van der Waals surface area contributed by atoms with Crippen LogP contribution in [0, 0.1) is 13.8 Å². The van der Waals surface area contributed by atoms with Gasteiger partial charge in [0.1, 0.15) is 0 Å². The number of hydrogen-bond acceptors (Lipinski definition) is 0. The summed E-state index contributed by atoms with van der Waals surface area (Å²) in [4.78, 5) is 0. The molecule has 88 valence electrons. The number of halogens is 1. The van der Waals surface area contributed by atoms with Gasteiger partial charge in [0.15, 0.2) is 0 Å². The number of hydrogen-bond donors (Lipinski definition) is 0. The zero-order valence-corrected chi connectivity index (χ0v) is 11.3. The molecule has 0 amide bonds. The largest absolute Gasteiger partial charge is 0.0843 e. The molecule has 0 unspecified atom stereocenters. The normalized spacial score (nSPS) is 10.6. The van der Waals surface area contributed by atoms with Gasteiger partial charge in [0.05, 0.1) is 0 Å². The van der Waals surface area contributed by atoms with Crippen LogP contribution in [-0.4, -0.2) is 0 Å². The highest BCUT2D eigenvalue weighted by Crippen LogP contribution is 2.28. The fourth-order valence-corrected chi connectivity index (χ4v) is 2.50. The van der Waals surface area contributed by atoms with Gasteiger partial charge in [0.25, 0.3) is 0 Å². The molecular weight excluding hydrogens is 228 g/mol. The third kappa shape index (κ3) is 2.37. The van der Waals surface area contributed by atoms with Crippen molar-refractivity contribution in [1.82, 2.24) is 0 Å². The molecule has 0 saturated carbocycles. The third-order valence-corrected chi connectivity index (χ3v) is 3.59. The summed E-state index contributed by atoms with van der Waals surface area (Å²) in [7, 11) is 0. The van der Waals surface area contributed by atoms with Crippen molar-refractivity contribution < 1.29 is 0 Å². The molecule has 0 saturated heterocycles. The van der Waals surface area contributed by atoms with Crippen LogP contribution in [-0.2, 0) is 6.42 Å². The number of benzene rings is 2. The van der Waals surface area contributed by atoms with E-state index in [0.717, 1.165) is 11.4 Å². The average Bonchev–Trinajstić information content (AvgIpc) is 2.31. The molecule has 1 heteroatoms. The fraction of sp³-hybridized carbons (Fsp3) is 0.250. The van der Waals surface area contributed by atoms with E-state index in [0.29, 0.717) is 0 Å². The minimum Gasteiger partial charge on any atom is -0.0843 e. The summed E-state index contributed by atoms with van der Waals surface area (Å²) in [5, 5.41) is 0.786. The lowest BCUT2D eigenvalue weighted by Gasteiger charge is -2.13. The summed E-state index contributed by atoms with van der Waals surface area (Å²) in [6, 6.07) is 12.5. The Hall–Kier alpha value is -1.27. The first-order valence-electron chi connectivity index (χ1n) is 5.98. The Morgan fingerprint density at radius 1 is 0.941 bits per heavy atom. The van der Waals surface area contributed by atoms with Crippen LogP contribution in [0.15, 0.2) is 36.4 Å². The van der Waals surface area contributed by atoms with Gasteiger partial charge < -0.3 is 0 Å². The van der Waals surface area contributed by atoms with Crippen molar-refractivity contribution in [3.05, 3.63) is 58.1 Å². The molecule has 2 rings (SSSR count). The molecule has 0 fully saturated rings. The van der Waals surface area contributed by atoms with Crippen molar-refractivity contribution >= 4 is 11.6 Å². The Morgan fingerprint density at radius 2 is 1.59 bits per heavy atom. The van der Waals surface area contributed by atoms with E-state index in [2.05, 4.69) is 45.0 Å². The van der Waals surface area contributed by atoms with Crippen LogP contribution < -0.4 is 0 Å². The minimum absolute atomic E-state index is 0.786. The Morgan fingerprint density at radius 3 is 2.18 bits per heavy atom. The summed E-state index contributed by atoms with van der Waals surface area (Å²) in [5.74, 6) is 0. The lowest BCUT2D eigenvalue weighted by molar-refractivity contribution is 1.08. The molecule has 0 atom stereocenters. The van der Waals surface area contributed by atoms with Crippen molar-refractivity contribution in [2.45, 2.75) is 27.2 Å². The summed E-state index contributed by atoms with van der Waals surface area (Å²) >= 11 is 5.92. The van der Waals surface area contributed by atoms with Crippen molar-refractivity contribution in [2.24, 2.45) is 0 Å². The first kappa shape index (κ1) is 12.2. The predicted octanol–water partition coefficient (Wildman–Crippen LogP) is 5.19. The van der Waals surface area contributed by atoms with E-state index in [1.54, 1.807) is 0 Å². The van der Waals surface area contributed by atoms with E-state index in [1.165, 1.54) is 27.8 Å². The number of rotatable bonds is 2. The monoisotopic (exact) mass is 244 g/mol. The summed E-state index contributed by atoms with van der Waals surface area (Å²) < 4.78 is 0. The topological polar surface area (TPSA) is 0 Å². The molecular formula is C16H17Cl. The lowest BCUT2D eigenvalue weighted by Crippen LogP contribution is -1.94. The van der Waals surface area contributed by atoms with E-state index < -0.39 is 0 Å². The molecule has 0 bridgehead atoms. The lowest BCUT2D eigenvalue weighted by atomic mass is 9.92. The van der Waals surface area contributed by atoms with Gasteiger partial charge >= 0.3 is 0 Å². The van der Waals surface area contributed by atoms with E-state index in [-0.39, 0.29) is 0 Å². The van der Waals surface area contributed by atoms with Gasteiger partial charge in [-0.2, -0.15) is 0 Å². The van der Waals surface area contributed by atoms with Crippen LogP contribution in [0.3, 0.4) is 0 Å². The molecule has 2 aromatic rings. The predicted molar refractivity (Wildman–Crippen MR) is 75.7 cm³/mol. The van der Waals surface area contributed by atoms with Gasteiger partial charge in [-0.3, -0.25) is 0 Å². The van der Waals surface area contributed by atoms with Crippen LogP contribution in [0.4, 0.5) is 0 Å². The minimum atomic E-state index is 0.786. The van der Waals surface area contributed by atoms with E-state index >= 15 is 0 Å². The van der Waals surface area contributed by atoms with Crippen molar-refractivity contribution in [1.29, 1.82) is 0 Å². The second-order valence-electron chi connectivity index (χ2n) is 4.39. The fourth-order valence-electron chi connectivity index (χ4n) is 2.38. The van der Waals surface area contributed by atoms with Crippen molar-refractivity contribution in [3.63, 3.8) is 0 Å². The van der Waals surface area contributed by atoms with Crippen molar-refractivity contribution in [2.75, 3.05) is 0 Å². The standard InChI is InChI=1S/C16H17Cl/c1-4-15-11(2)5-10-16(12(15)3)13-6-8-14(17)9-7-13/h5-10H,4H2,1-3H3. The summed E-state index contributed by atoms with van der Waals surface area (Å²) in [6.45, 7) is 6.59. The van der Waals surface area contributed by atoms with Gasteiger partial charge in [-0.15, -0.1) is 0 Å². The molecule has 0 aliphatic rings. The third-order valence-electron chi connectivity index (χ3n) is 3.34. The maximum absolute atomic E-state index is 5.92. The quantitative estimate of drug-likeness (QED) is 0.682. The van der Waals surface area contributed by atoms with Gasteiger partial charge in [0, 0.05) is 5.02 Å². The van der Waals surface area contributed by atoms with E-state index in [4.69, 9.17) is 11.6 Å². The van der Waals surface area contributed by atoms with E-state index in [1.807, 2.05) is 12.1 Å². The highest BCUT2D eigenvalue weighted by Gasteiger charge is 2.07. The van der Waals surface area contributed by atoms with Crippen LogP contribution in [0.5, 0.6) is 0 Å². The molecule has 0 radical (unpaired) electrons. The smallest absolute Gasteiger partial charge is 0.0406 e. The second kappa shape index (κ2) is 4.93. The summed E-state index contributed by atoms with van der Waals surface area (Å²) in [6.07, 6.45) is 1.08. The Kier molecular flexibility index (Phi) is 3.54. The van der Waals surface area contributed by atoms with E-state index in [9.17, 15) is 0 Å². The molecule has 0 spiro atoms. The Bertz CT molecular complexity index is 524. The maximum atomic E-state index is 5.92. The van der Waals surface area contributed by atoms with Crippen LogP contribution >= 0.6 is 11.6 Å². The molecule has 0 aromatic heterocycles. The maximum Gasteiger partial charge on any atom is 0.0406 e. The molecule has 17 heavy (non-hydrogen) atoms. The summed E-state index contributed by atoms with van der Waals surface area (Å²) in [5.41, 5.74) is 6.76. The first-order chi connectivity index (χ1) is 8.13. The van der Waals surface area contributed by atoms with Gasteiger partial charge in [-0.05, 0) is 60.2 Å². The van der Waals surface area contributed by atoms with Crippen LogP contribution in [0.25, 0.3) is 11.1 Å². The Labute approximate surface area is 108 Å². The average molecular weight is 245 g/mol. The SMILES string of the molecule is CCc1c(C)ccc(-c2ccc(Cl)cc2)c1C. The molecule has 0 nitrogen and oxygen atoms in total. The molecule has 0 heterocycles. The Balaban J connectivity index is 2.56. The zero-order valence-electron chi connectivity index (χ0n) is 10.5. The molecule has 0 aliphatic carbocycles. The first-order valence-corrected chi connectivity index (χ1v) is 6.36. The molecule has 0 aliphatic heterocycles. The van der Waals surface area contributed by atoms with Crippen molar-refractivity contribution in [3.8, 4) is 11.1 Å².